The first-order chi connectivity index (χ1) is 20.8. The Morgan fingerprint density at radius 2 is 0.955 bits per heavy atom. The maximum absolute atomic E-state index is 9.56. The number of benzene rings is 4. The van der Waals surface area contributed by atoms with Gasteiger partial charge >= 0.3 is 29.6 Å². The van der Waals surface area contributed by atoms with Gasteiger partial charge in [-0.1, -0.05) is 11.6 Å². The van der Waals surface area contributed by atoms with Crippen molar-refractivity contribution in [1.29, 1.82) is 0 Å². The standard InChI is InChI=1S/C16H13NO3.C15H10ClNO2.CH4O.CH3O.Na/c1-20-16-9-15(10-2-4-11(18)5-3-10)17-14-7-6-12(19)8-13(14)16;16-13-8-15(9-1-3-10(18)4-2-9)17-14-6-5-11(19)7-12(13)14;2*1-2;/h2-9,18-19H,1H3;1-8,18-19H;2H,1H3;1H3;/q;;;-1;+1. The first kappa shape index (κ1) is 36.1. The molecule has 11 heteroatoms. The molecule has 0 atom stereocenters. The minimum absolute atomic E-state index is 0. The van der Waals surface area contributed by atoms with E-state index < -0.39 is 0 Å². The van der Waals surface area contributed by atoms with Crippen LogP contribution in [0.3, 0.4) is 0 Å². The van der Waals surface area contributed by atoms with Gasteiger partial charge in [-0.15, -0.1) is 0 Å². The molecule has 0 fully saturated rings. The largest absolute Gasteiger partial charge is 1.00 e. The van der Waals surface area contributed by atoms with Crippen molar-refractivity contribution in [3.8, 4) is 51.3 Å². The molecule has 4 aromatic carbocycles. The summed E-state index contributed by atoms with van der Waals surface area (Å²) in [6.07, 6.45) is 0. The van der Waals surface area contributed by atoms with Gasteiger partial charge in [0.25, 0.3) is 0 Å². The van der Waals surface area contributed by atoms with E-state index in [1.807, 2.05) is 6.07 Å². The van der Waals surface area contributed by atoms with Crippen molar-refractivity contribution in [2.45, 2.75) is 0 Å². The van der Waals surface area contributed by atoms with Crippen LogP contribution >= 0.6 is 11.6 Å². The number of rotatable bonds is 3. The molecular weight excluding hydrogens is 595 g/mol. The van der Waals surface area contributed by atoms with Gasteiger partial charge in [0.1, 0.15) is 28.7 Å². The Bertz CT molecular complexity index is 1800. The zero-order valence-electron chi connectivity index (χ0n) is 24.6. The molecule has 5 N–H and O–H groups in total. The van der Waals surface area contributed by atoms with Gasteiger partial charge in [0.05, 0.1) is 34.6 Å². The average molecular weight is 625 g/mol. The maximum Gasteiger partial charge on any atom is 1.00 e. The third-order valence-electron chi connectivity index (χ3n) is 6.04. The van der Waals surface area contributed by atoms with Crippen LogP contribution in [0.25, 0.3) is 44.3 Å². The minimum Gasteiger partial charge on any atom is -0.857 e. The molecule has 2 aromatic heterocycles. The van der Waals surface area contributed by atoms with Crippen LogP contribution in [0.1, 0.15) is 0 Å². The molecule has 0 spiro atoms. The smallest absolute Gasteiger partial charge is 0.857 e. The Kier molecular flexibility index (Phi) is 14.2. The zero-order valence-corrected chi connectivity index (χ0v) is 27.3. The summed E-state index contributed by atoms with van der Waals surface area (Å²) in [5.74, 6) is 1.41. The van der Waals surface area contributed by atoms with Gasteiger partial charge < -0.3 is 35.4 Å². The van der Waals surface area contributed by atoms with Crippen LogP contribution in [0.2, 0.25) is 5.02 Å². The quantitative estimate of drug-likeness (QED) is 0.187. The summed E-state index contributed by atoms with van der Waals surface area (Å²) in [5.41, 5.74) is 4.69. The number of phenols is 4. The second kappa shape index (κ2) is 17.3. The molecule has 0 saturated heterocycles. The Labute approximate surface area is 281 Å². The molecular formula is C33H30ClN2NaO7. The predicted octanol–water partition coefficient (Wildman–Crippen LogP) is 2.88. The zero-order chi connectivity index (χ0) is 31.5. The van der Waals surface area contributed by atoms with E-state index in [0.29, 0.717) is 21.7 Å². The monoisotopic (exact) mass is 624 g/mol. The second-order valence-electron chi connectivity index (χ2n) is 8.70. The molecule has 0 saturated carbocycles. The molecule has 0 unspecified atom stereocenters. The molecule has 0 aliphatic heterocycles. The van der Waals surface area contributed by atoms with Crippen molar-refractivity contribution in [3.63, 3.8) is 0 Å². The first-order valence-electron chi connectivity index (χ1n) is 12.7. The number of pyridine rings is 2. The fourth-order valence-corrected chi connectivity index (χ4v) is 4.34. The van der Waals surface area contributed by atoms with E-state index in [1.54, 1.807) is 98.1 Å². The third kappa shape index (κ3) is 8.96. The summed E-state index contributed by atoms with van der Waals surface area (Å²) in [7, 11) is 3.33. The van der Waals surface area contributed by atoms with Crippen LogP contribution in [-0.4, -0.2) is 56.8 Å². The second-order valence-corrected chi connectivity index (χ2v) is 9.10. The van der Waals surface area contributed by atoms with Crippen molar-refractivity contribution in [2.75, 3.05) is 21.3 Å². The summed E-state index contributed by atoms with van der Waals surface area (Å²) in [5, 5.41) is 54.9. The van der Waals surface area contributed by atoms with Crippen LogP contribution < -0.4 is 39.4 Å². The number of hydrogen-bond acceptors (Lipinski definition) is 9. The molecule has 0 bridgehead atoms. The number of hydrogen-bond donors (Lipinski definition) is 5. The van der Waals surface area contributed by atoms with Crippen LogP contribution in [0.15, 0.2) is 97.1 Å². The van der Waals surface area contributed by atoms with Gasteiger partial charge in [-0.05, 0) is 91.0 Å². The van der Waals surface area contributed by atoms with Crippen molar-refractivity contribution >= 4 is 33.4 Å². The normalized spacial score (nSPS) is 9.77. The number of fused-ring (bicyclic) bond motifs is 2. The Morgan fingerprint density at radius 1 is 0.568 bits per heavy atom. The molecule has 6 aromatic rings. The van der Waals surface area contributed by atoms with Crippen molar-refractivity contribution in [1.82, 2.24) is 9.97 Å². The number of aromatic nitrogens is 2. The van der Waals surface area contributed by atoms with E-state index in [0.717, 1.165) is 47.6 Å². The van der Waals surface area contributed by atoms with Crippen LogP contribution in [0, 0.1) is 0 Å². The third-order valence-corrected chi connectivity index (χ3v) is 6.35. The van der Waals surface area contributed by atoms with E-state index in [4.69, 9.17) is 26.6 Å². The Balaban J connectivity index is 0.000000271. The van der Waals surface area contributed by atoms with Crippen LogP contribution in [0.4, 0.5) is 0 Å². The minimum atomic E-state index is 0. The molecule has 0 aliphatic carbocycles. The van der Waals surface area contributed by atoms with E-state index >= 15 is 0 Å². The van der Waals surface area contributed by atoms with Crippen LogP contribution in [-0.2, 0) is 0 Å². The molecule has 222 valence electrons. The molecule has 44 heavy (non-hydrogen) atoms. The number of methoxy groups -OCH3 is 1. The summed E-state index contributed by atoms with van der Waals surface area (Å²) < 4.78 is 5.37. The van der Waals surface area contributed by atoms with Gasteiger partial charge in [-0.25, -0.2) is 9.97 Å². The summed E-state index contributed by atoms with van der Waals surface area (Å²) in [4.78, 5) is 9.05. The van der Waals surface area contributed by atoms with Crippen molar-refractivity contribution in [3.05, 3.63) is 102 Å². The van der Waals surface area contributed by atoms with Gasteiger partial charge in [0.2, 0.25) is 0 Å². The maximum atomic E-state index is 9.56. The number of phenolic OH excluding ortho intramolecular Hbond substituents is 4. The average Bonchev–Trinajstić information content (AvgIpc) is 3.04. The number of aliphatic hydroxyl groups excluding tert-OH is 1. The fourth-order valence-electron chi connectivity index (χ4n) is 4.08. The summed E-state index contributed by atoms with van der Waals surface area (Å²) in [6, 6.07) is 27.0. The van der Waals surface area contributed by atoms with Gasteiger partial charge in [0.15, 0.2) is 0 Å². The Hall–Kier alpha value is -4.09. The fraction of sp³-hybridized carbons (Fsp3) is 0.0909. The Morgan fingerprint density at radius 3 is 1.41 bits per heavy atom. The van der Waals surface area contributed by atoms with E-state index in [-0.39, 0.29) is 52.6 Å². The molecule has 6 rings (SSSR count). The number of ether oxygens (including phenoxy) is 1. The molecule has 0 radical (unpaired) electrons. The topological polar surface area (TPSA) is 159 Å². The van der Waals surface area contributed by atoms with E-state index in [1.165, 1.54) is 0 Å². The summed E-state index contributed by atoms with van der Waals surface area (Å²) >= 11 is 6.21. The number of halogens is 1. The van der Waals surface area contributed by atoms with Gasteiger partial charge in [0, 0.05) is 35.1 Å². The SMILES string of the molecule is CO.COc1cc(-c2ccc(O)cc2)nc2ccc(O)cc12.C[O-].Oc1ccc(-c2cc(Cl)c3cc(O)ccc3n2)cc1.[Na+]. The van der Waals surface area contributed by atoms with Gasteiger partial charge in [-0.2, -0.15) is 7.11 Å². The number of aliphatic hydroxyl groups is 1. The predicted molar refractivity (Wildman–Crippen MR) is 167 cm³/mol. The summed E-state index contributed by atoms with van der Waals surface area (Å²) in [6.45, 7) is 0. The number of nitrogens with zero attached hydrogens (tertiary/aromatic N) is 2. The molecule has 0 aliphatic rings. The molecule has 2 heterocycles. The van der Waals surface area contributed by atoms with Crippen molar-refractivity contribution < 1.29 is 64.9 Å². The number of aromatic hydroxyl groups is 4. The first-order valence-corrected chi connectivity index (χ1v) is 13.1. The van der Waals surface area contributed by atoms with E-state index in [2.05, 4.69) is 9.97 Å². The molecule has 9 nitrogen and oxygen atoms in total. The molecule has 0 amide bonds. The van der Waals surface area contributed by atoms with Crippen molar-refractivity contribution in [2.24, 2.45) is 0 Å². The van der Waals surface area contributed by atoms with Gasteiger partial charge in [-0.3, -0.25) is 0 Å². The van der Waals surface area contributed by atoms with Crippen LogP contribution in [0.5, 0.6) is 28.7 Å². The van der Waals surface area contributed by atoms with E-state index in [9.17, 15) is 20.4 Å².